The van der Waals surface area contributed by atoms with Crippen molar-refractivity contribution in [2.24, 2.45) is 5.92 Å². The molecule has 1 heterocycles. The zero-order valence-electron chi connectivity index (χ0n) is 8.30. The molecule has 14 heavy (non-hydrogen) atoms. The highest BCUT2D eigenvalue weighted by atomic mass is 79.9. The molecule has 1 aliphatic rings. The van der Waals surface area contributed by atoms with Crippen LogP contribution in [0.15, 0.2) is 28.7 Å². The van der Waals surface area contributed by atoms with E-state index in [1.54, 1.807) is 0 Å². The highest BCUT2D eigenvalue weighted by Crippen LogP contribution is 2.15. The van der Waals surface area contributed by atoms with Gasteiger partial charge in [0.1, 0.15) is 0 Å². The Morgan fingerprint density at radius 1 is 1.21 bits per heavy atom. The Kier molecular flexibility index (Phi) is 3.60. The van der Waals surface area contributed by atoms with Gasteiger partial charge in [-0.3, -0.25) is 0 Å². The third-order valence-electron chi connectivity index (χ3n) is 2.86. The summed E-state index contributed by atoms with van der Waals surface area (Å²) in [7, 11) is 0. The van der Waals surface area contributed by atoms with Crippen LogP contribution in [0, 0.1) is 5.92 Å². The summed E-state index contributed by atoms with van der Waals surface area (Å²) in [4.78, 5) is 0. The molecule has 2 heteroatoms. The SMILES string of the molecule is Brc1ccc(CCCC2CNC2)cc1. The second-order valence-corrected chi connectivity index (χ2v) is 4.96. The van der Waals surface area contributed by atoms with Gasteiger partial charge in [0, 0.05) is 4.47 Å². The zero-order chi connectivity index (χ0) is 9.80. The number of hydrogen-bond donors (Lipinski definition) is 1. The van der Waals surface area contributed by atoms with Crippen molar-refractivity contribution in [3.63, 3.8) is 0 Å². The highest BCUT2D eigenvalue weighted by Gasteiger charge is 2.15. The summed E-state index contributed by atoms with van der Waals surface area (Å²) < 4.78 is 1.17. The first kappa shape index (κ1) is 10.2. The molecule has 1 aromatic carbocycles. The lowest BCUT2D eigenvalue weighted by Crippen LogP contribution is -2.41. The quantitative estimate of drug-likeness (QED) is 0.871. The predicted molar refractivity (Wildman–Crippen MR) is 63.4 cm³/mol. The first-order valence-corrected chi connectivity index (χ1v) is 6.09. The lowest BCUT2D eigenvalue weighted by Gasteiger charge is -2.26. The molecule has 1 aliphatic heterocycles. The van der Waals surface area contributed by atoms with Gasteiger partial charge in [-0.1, -0.05) is 28.1 Å². The third kappa shape index (κ3) is 2.82. The maximum absolute atomic E-state index is 3.45. The first-order valence-electron chi connectivity index (χ1n) is 5.30. The van der Waals surface area contributed by atoms with Gasteiger partial charge < -0.3 is 5.32 Å². The van der Waals surface area contributed by atoms with Crippen LogP contribution < -0.4 is 5.32 Å². The molecule has 0 aliphatic carbocycles. The van der Waals surface area contributed by atoms with E-state index in [0.29, 0.717) is 0 Å². The minimum Gasteiger partial charge on any atom is -0.316 e. The van der Waals surface area contributed by atoms with Gasteiger partial charge in [-0.25, -0.2) is 0 Å². The summed E-state index contributed by atoms with van der Waals surface area (Å²) in [5.74, 6) is 0.949. The number of benzene rings is 1. The van der Waals surface area contributed by atoms with Crippen molar-refractivity contribution in [3.05, 3.63) is 34.3 Å². The van der Waals surface area contributed by atoms with Gasteiger partial charge in [0.15, 0.2) is 0 Å². The van der Waals surface area contributed by atoms with Gasteiger partial charge in [0.25, 0.3) is 0 Å². The van der Waals surface area contributed by atoms with Crippen molar-refractivity contribution >= 4 is 15.9 Å². The van der Waals surface area contributed by atoms with Crippen molar-refractivity contribution in [1.29, 1.82) is 0 Å². The fraction of sp³-hybridized carbons (Fsp3) is 0.500. The Bertz CT molecular complexity index is 277. The number of aryl methyl sites for hydroxylation is 1. The molecular formula is C12H16BrN. The summed E-state index contributed by atoms with van der Waals surface area (Å²) in [6, 6.07) is 8.67. The summed E-state index contributed by atoms with van der Waals surface area (Å²) in [6.07, 6.45) is 3.93. The van der Waals surface area contributed by atoms with E-state index in [2.05, 4.69) is 45.5 Å². The van der Waals surface area contributed by atoms with Crippen LogP contribution in [-0.2, 0) is 6.42 Å². The molecule has 1 nitrogen and oxygen atoms in total. The fourth-order valence-corrected chi connectivity index (χ4v) is 2.06. The molecule has 0 amide bonds. The molecule has 0 aromatic heterocycles. The van der Waals surface area contributed by atoms with E-state index in [-0.39, 0.29) is 0 Å². The van der Waals surface area contributed by atoms with Gasteiger partial charge in [0.05, 0.1) is 0 Å². The van der Waals surface area contributed by atoms with E-state index in [0.717, 1.165) is 5.92 Å². The van der Waals surface area contributed by atoms with Crippen LogP contribution in [-0.4, -0.2) is 13.1 Å². The molecule has 1 N–H and O–H groups in total. The standard InChI is InChI=1S/C12H16BrN/c13-12-6-4-10(5-7-12)2-1-3-11-8-14-9-11/h4-7,11,14H,1-3,8-9H2. The van der Waals surface area contributed by atoms with Crippen molar-refractivity contribution in [2.45, 2.75) is 19.3 Å². The molecule has 76 valence electrons. The normalized spacial score (nSPS) is 16.6. The van der Waals surface area contributed by atoms with Crippen LogP contribution >= 0.6 is 15.9 Å². The molecular weight excluding hydrogens is 238 g/mol. The molecule has 2 rings (SSSR count). The van der Waals surface area contributed by atoms with Crippen LogP contribution in [0.1, 0.15) is 18.4 Å². The summed E-state index contributed by atoms with van der Waals surface area (Å²) in [6.45, 7) is 2.47. The minimum absolute atomic E-state index is 0.949. The molecule has 0 atom stereocenters. The van der Waals surface area contributed by atoms with Gasteiger partial charge in [-0.05, 0) is 56.0 Å². The summed E-state index contributed by atoms with van der Waals surface area (Å²) in [5, 5.41) is 3.31. The minimum atomic E-state index is 0.949. The van der Waals surface area contributed by atoms with E-state index in [4.69, 9.17) is 0 Å². The molecule has 0 saturated carbocycles. The number of hydrogen-bond acceptors (Lipinski definition) is 1. The van der Waals surface area contributed by atoms with E-state index in [1.165, 1.54) is 42.4 Å². The number of halogens is 1. The van der Waals surface area contributed by atoms with Crippen LogP contribution in [0.3, 0.4) is 0 Å². The van der Waals surface area contributed by atoms with E-state index < -0.39 is 0 Å². The zero-order valence-corrected chi connectivity index (χ0v) is 9.89. The molecule has 1 aromatic rings. The first-order chi connectivity index (χ1) is 6.84. The molecule has 0 unspecified atom stereocenters. The second kappa shape index (κ2) is 4.94. The highest BCUT2D eigenvalue weighted by molar-refractivity contribution is 9.10. The molecule has 1 fully saturated rings. The maximum Gasteiger partial charge on any atom is 0.0175 e. The van der Waals surface area contributed by atoms with Gasteiger partial charge >= 0.3 is 0 Å². The van der Waals surface area contributed by atoms with Gasteiger partial charge in [0.2, 0.25) is 0 Å². The van der Waals surface area contributed by atoms with Gasteiger partial charge in [-0.2, -0.15) is 0 Å². The monoisotopic (exact) mass is 253 g/mol. The van der Waals surface area contributed by atoms with Crippen LogP contribution in [0.5, 0.6) is 0 Å². The topological polar surface area (TPSA) is 12.0 Å². The Morgan fingerprint density at radius 3 is 2.50 bits per heavy atom. The Hall–Kier alpha value is -0.340. The van der Waals surface area contributed by atoms with E-state index >= 15 is 0 Å². The van der Waals surface area contributed by atoms with Crippen molar-refractivity contribution in [3.8, 4) is 0 Å². The largest absolute Gasteiger partial charge is 0.316 e. The Labute approximate surface area is 94.0 Å². The van der Waals surface area contributed by atoms with Crippen molar-refractivity contribution in [2.75, 3.05) is 13.1 Å². The van der Waals surface area contributed by atoms with Crippen LogP contribution in [0.2, 0.25) is 0 Å². The van der Waals surface area contributed by atoms with Crippen LogP contribution in [0.4, 0.5) is 0 Å². The van der Waals surface area contributed by atoms with Crippen LogP contribution in [0.25, 0.3) is 0 Å². The Balaban J connectivity index is 1.71. The van der Waals surface area contributed by atoms with Crippen molar-refractivity contribution < 1.29 is 0 Å². The fourth-order valence-electron chi connectivity index (χ4n) is 1.80. The van der Waals surface area contributed by atoms with E-state index in [1.807, 2.05) is 0 Å². The molecule has 0 spiro atoms. The predicted octanol–water partition coefficient (Wildman–Crippen LogP) is 2.99. The lowest BCUT2D eigenvalue weighted by atomic mass is 9.95. The second-order valence-electron chi connectivity index (χ2n) is 4.04. The molecule has 0 radical (unpaired) electrons. The average Bonchev–Trinajstić information content (AvgIpc) is 2.12. The van der Waals surface area contributed by atoms with Crippen molar-refractivity contribution in [1.82, 2.24) is 5.32 Å². The van der Waals surface area contributed by atoms with Gasteiger partial charge in [-0.15, -0.1) is 0 Å². The smallest absolute Gasteiger partial charge is 0.0175 e. The lowest BCUT2D eigenvalue weighted by molar-refractivity contribution is 0.321. The van der Waals surface area contributed by atoms with E-state index in [9.17, 15) is 0 Å². The maximum atomic E-state index is 3.45. The molecule has 1 saturated heterocycles. The third-order valence-corrected chi connectivity index (χ3v) is 3.39. The number of rotatable bonds is 4. The summed E-state index contributed by atoms with van der Waals surface area (Å²) >= 11 is 3.45. The molecule has 0 bridgehead atoms. The summed E-state index contributed by atoms with van der Waals surface area (Å²) in [5.41, 5.74) is 1.46. The number of nitrogens with one attached hydrogen (secondary N) is 1. The average molecular weight is 254 g/mol. The Morgan fingerprint density at radius 2 is 1.93 bits per heavy atom.